The number of nitrogens with zero attached hydrogens (tertiary/aromatic N) is 3. The molecule has 22 heavy (non-hydrogen) atoms. The molecule has 1 aromatic heterocycles. The molecule has 3 aromatic rings. The lowest BCUT2D eigenvalue weighted by molar-refractivity contribution is 0.0823. The third-order valence-corrected chi connectivity index (χ3v) is 4.17. The Labute approximate surface area is 143 Å². The van der Waals surface area contributed by atoms with E-state index in [4.69, 9.17) is 4.74 Å². The molecule has 7 heteroatoms. The van der Waals surface area contributed by atoms with Gasteiger partial charge in [-0.2, -0.15) is 4.68 Å². The van der Waals surface area contributed by atoms with Crippen LogP contribution in [0.1, 0.15) is 10.4 Å². The van der Waals surface area contributed by atoms with E-state index in [0.29, 0.717) is 16.8 Å². The Morgan fingerprint density at radius 3 is 2.82 bits per heavy atom. The Morgan fingerprint density at radius 2 is 2.05 bits per heavy atom. The Kier molecular flexibility index (Phi) is 4.26. The molecule has 0 aliphatic carbocycles. The van der Waals surface area contributed by atoms with Crippen LogP contribution in [0, 0.1) is 6.92 Å². The first-order chi connectivity index (χ1) is 10.6. The molecular weight excluding hydrogens is 414 g/mol. The van der Waals surface area contributed by atoms with Crippen LogP contribution < -0.4 is 4.74 Å². The fourth-order valence-corrected chi connectivity index (χ4v) is 3.67. The molecule has 0 bridgehead atoms. The van der Waals surface area contributed by atoms with Gasteiger partial charge in [-0.05, 0) is 52.7 Å². The molecule has 0 spiro atoms. The summed E-state index contributed by atoms with van der Waals surface area (Å²) in [5.41, 5.74) is 2.28. The van der Waals surface area contributed by atoms with E-state index in [-0.39, 0.29) is 12.5 Å². The number of halogens is 2. The average Bonchev–Trinajstić information content (AvgIpc) is 2.90. The van der Waals surface area contributed by atoms with Crippen LogP contribution in [0.5, 0.6) is 5.75 Å². The molecular formula is C15H11Br2N3O2. The van der Waals surface area contributed by atoms with E-state index in [9.17, 15) is 4.79 Å². The van der Waals surface area contributed by atoms with Gasteiger partial charge in [-0.25, -0.2) is 0 Å². The zero-order valence-electron chi connectivity index (χ0n) is 11.6. The summed E-state index contributed by atoms with van der Waals surface area (Å²) in [6, 6.07) is 11.1. The van der Waals surface area contributed by atoms with E-state index in [1.807, 2.05) is 37.3 Å². The van der Waals surface area contributed by atoms with Crippen LogP contribution in [0.3, 0.4) is 0 Å². The number of rotatable bonds is 3. The van der Waals surface area contributed by atoms with Crippen LogP contribution in [0.4, 0.5) is 0 Å². The van der Waals surface area contributed by atoms with Gasteiger partial charge in [0.15, 0.2) is 6.61 Å². The van der Waals surface area contributed by atoms with Gasteiger partial charge in [-0.3, -0.25) is 4.79 Å². The van der Waals surface area contributed by atoms with Crippen LogP contribution in [-0.2, 0) is 0 Å². The van der Waals surface area contributed by atoms with Crippen molar-refractivity contribution in [3.8, 4) is 5.75 Å². The zero-order chi connectivity index (χ0) is 15.7. The maximum atomic E-state index is 12.3. The first-order valence-electron chi connectivity index (χ1n) is 6.48. The molecule has 3 rings (SSSR count). The molecule has 2 aromatic carbocycles. The second-order valence-corrected chi connectivity index (χ2v) is 6.48. The topological polar surface area (TPSA) is 57.0 Å². The number of hydrogen-bond donors (Lipinski definition) is 0. The van der Waals surface area contributed by atoms with Crippen molar-refractivity contribution in [1.82, 2.24) is 15.0 Å². The highest BCUT2D eigenvalue weighted by molar-refractivity contribution is 9.11. The molecule has 0 atom stereocenters. The summed E-state index contributed by atoms with van der Waals surface area (Å²) in [4.78, 5) is 12.3. The van der Waals surface area contributed by atoms with Gasteiger partial charge < -0.3 is 4.74 Å². The van der Waals surface area contributed by atoms with Crippen LogP contribution in [-0.4, -0.2) is 27.5 Å². The van der Waals surface area contributed by atoms with Crippen LogP contribution in [0.25, 0.3) is 11.0 Å². The van der Waals surface area contributed by atoms with Gasteiger partial charge in [0.2, 0.25) is 0 Å². The summed E-state index contributed by atoms with van der Waals surface area (Å²) in [5, 5.41) is 7.85. The van der Waals surface area contributed by atoms with Crippen molar-refractivity contribution in [1.29, 1.82) is 0 Å². The molecule has 0 saturated heterocycles. The fraction of sp³-hybridized carbons (Fsp3) is 0.133. The zero-order valence-corrected chi connectivity index (χ0v) is 14.8. The molecule has 112 valence electrons. The van der Waals surface area contributed by atoms with Crippen molar-refractivity contribution in [2.24, 2.45) is 0 Å². The molecule has 0 saturated carbocycles. The number of ether oxygens (including phenoxy) is 1. The average molecular weight is 425 g/mol. The molecule has 0 aliphatic rings. The minimum atomic E-state index is -0.275. The van der Waals surface area contributed by atoms with Crippen molar-refractivity contribution in [2.45, 2.75) is 6.92 Å². The van der Waals surface area contributed by atoms with Gasteiger partial charge in [-0.1, -0.05) is 33.3 Å². The molecule has 0 fully saturated rings. The van der Waals surface area contributed by atoms with Gasteiger partial charge in [0.05, 0.1) is 9.99 Å². The van der Waals surface area contributed by atoms with E-state index < -0.39 is 0 Å². The summed E-state index contributed by atoms with van der Waals surface area (Å²) >= 11 is 6.85. The Balaban J connectivity index is 1.81. The highest BCUT2D eigenvalue weighted by Gasteiger charge is 2.14. The quantitative estimate of drug-likeness (QED) is 0.637. The van der Waals surface area contributed by atoms with Gasteiger partial charge >= 0.3 is 0 Å². The van der Waals surface area contributed by atoms with Crippen LogP contribution >= 0.6 is 31.9 Å². The maximum absolute atomic E-state index is 12.3. The molecule has 0 amide bonds. The van der Waals surface area contributed by atoms with Gasteiger partial charge in [-0.15, -0.1) is 5.10 Å². The second kappa shape index (κ2) is 6.18. The highest BCUT2D eigenvalue weighted by atomic mass is 79.9. The Bertz CT molecular complexity index is 838. The summed E-state index contributed by atoms with van der Waals surface area (Å²) < 4.78 is 8.64. The lowest BCUT2D eigenvalue weighted by atomic mass is 10.2. The largest absolute Gasteiger partial charge is 0.482 e. The first kappa shape index (κ1) is 15.2. The highest BCUT2D eigenvalue weighted by Crippen LogP contribution is 2.32. The number of fused-ring (bicyclic) bond motifs is 1. The van der Waals surface area contributed by atoms with Crippen molar-refractivity contribution >= 4 is 48.8 Å². The van der Waals surface area contributed by atoms with Crippen LogP contribution in [0.15, 0.2) is 45.3 Å². The molecule has 0 aliphatic heterocycles. The number of benzene rings is 2. The summed E-state index contributed by atoms with van der Waals surface area (Å²) in [6.07, 6.45) is 0. The standard InChI is InChI=1S/C15H11Br2N3O2/c1-9-6-10(16)7-11(17)15(9)22-8-14(21)20-13-5-3-2-4-12(13)18-19-20/h2-7H,8H2,1H3. The van der Waals surface area contributed by atoms with E-state index >= 15 is 0 Å². The van der Waals surface area contributed by atoms with E-state index in [1.165, 1.54) is 4.68 Å². The second-order valence-electron chi connectivity index (χ2n) is 4.71. The monoisotopic (exact) mass is 423 g/mol. The third-order valence-electron chi connectivity index (χ3n) is 3.12. The molecule has 0 N–H and O–H groups in total. The summed E-state index contributed by atoms with van der Waals surface area (Å²) in [7, 11) is 0. The van der Waals surface area contributed by atoms with Gasteiger partial charge in [0.25, 0.3) is 5.91 Å². The lowest BCUT2D eigenvalue weighted by Crippen LogP contribution is -2.20. The molecule has 1 heterocycles. The minimum absolute atomic E-state index is 0.117. The number of hydrogen-bond acceptors (Lipinski definition) is 4. The van der Waals surface area contributed by atoms with Crippen molar-refractivity contribution in [3.63, 3.8) is 0 Å². The van der Waals surface area contributed by atoms with E-state index in [0.717, 1.165) is 14.5 Å². The van der Waals surface area contributed by atoms with E-state index in [2.05, 4.69) is 42.2 Å². The predicted octanol–water partition coefficient (Wildman–Crippen LogP) is 3.98. The van der Waals surface area contributed by atoms with Crippen LogP contribution in [0.2, 0.25) is 0 Å². The maximum Gasteiger partial charge on any atom is 0.286 e. The van der Waals surface area contributed by atoms with Gasteiger partial charge in [0.1, 0.15) is 11.3 Å². The molecule has 0 radical (unpaired) electrons. The fourth-order valence-electron chi connectivity index (χ4n) is 2.12. The third kappa shape index (κ3) is 2.91. The molecule has 5 nitrogen and oxygen atoms in total. The van der Waals surface area contributed by atoms with Crippen molar-refractivity contribution in [3.05, 3.63) is 50.9 Å². The first-order valence-corrected chi connectivity index (χ1v) is 8.07. The summed E-state index contributed by atoms with van der Waals surface area (Å²) in [5.74, 6) is 0.365. The van der Waals surface area contributed by atoms with Gasteiger partial charge in [0, 0.05) is 4.47 Å². The smallest absolute Gasteiger partial charge is 0.286 e. The number of para-hydroxylation sites is 1. The Morgan fingerprint density at radius 1 is 1.27 bits per heavy atom. The normalized spacial score (nSPS) is 10.9. The van der Waals surface area contributed by atoms with Crippen molar-refractivity contribution in [2.75, 3.05) is 6.61 Å². The summed E-state index contributed by atoms with van der Waals surface area (Å²) in [6.45, 7) is 1.80. The SMILES string of the molecule is Cc1cc(Br)cc(Br)c1OCC(=O)n1nnc2ccccc21. The predicted molar refractivity (Wildman–Crippen MR) is 90.2 cm³/mol. The molecule has 0 unspecified atom stereocenters. The Hall–Kier alpha value is -1.73. The van der Waals surface area contributed by atoms with Crippen molar-refractivity contribution < 1.29 is 9.53 Å². The minimum Gasteiger partial charge on any atom is -0.482 e. The van der Waals surface area contributed by atoms with E-state index in [1.54, 1.807) is 6.07 Å². The number of aromatic nitrogens is 3. The number of carbonyl (C=O) groups is 1. The number of carbonyl (C=O) groups excluding carboxylic acids is 1. The lowest BCUT2D eigenvalue weighted by Gasteiger charge is -2.11. The number of aryl methyl sites for hydroxylation is 1.